The van der Waals surface area contributed by atoms with E-state index in [-0.39, 0.29) is 58.9 Å². The maximum atomic E-state index is 2.56. The summed E-state index contributed by atoms with van der Waals surface area (Å²) < 4.78 is 0. The van der Waals surface area contributed by atoms with Crippen molar-refractivity contribution in [2.45, 2.75) is 39.3 Å². The minimum absolute atomic E-state index is 0. The van der Waals surface area contributed by atoms with Crippen molar-refractivity contribution in [3.63, 3.8) is 0 Å². The third kappa shape index (κ3) is 5.44. The van der Waals surface area contributed by atoms with Crippen LogP contribution in [0.5, 0.6) is 0 Å². The van der Waals surface area contributed by atoms with Gasteiger partial charge in [-0.2, -0.15) is 0 Å². The van der Waals surface area contributed by atoms with E-state index in [0.717, 1.165) is 0 Å². The monoisotopic (exact) mass is 458 g/mol. The van der Waals surface area contributed by atoms with Crippen LogP contribution in [0.4, 0.5) is 0 Å². The second-order valence-corrected chi connectivity index (χ2v) is 10.8. The molecule has 0 aliphatic rings. The predicted octanol–water partition coefficient (Wildman–Crippen LogP) is -4.13. The zero-order valence-electron chi connectivity index (χ0n) is 15.5. The van der Waals surface area contributed by atoms with Gasteiger partial charge in [0, 0.05) is 0 Å². The molecule has 0 amide bonds. The summed E-state index contributed by atoms with van der Waals surface area (Å²) in [5.74, 6) is 0. The van der Waals surface area contributed by atoms with Crippen LogP contribution < -0.4 is 47.6 Å². The van der Waals surface area contributed by atoms with Crippen LogP contribution in [0.15, 0.2) is 60.7 Å². The van der Waals surface area contributed by atoms with Gasteiger partial charge in [0.25, 0.3) is 0 Å². The maximum absolute atomic E-state index is 2.56. The average Bonchev–Trinajstić information content (AvgIpc) is 2.90. The molecule has 0 bridgehead atoms. The summed E-state index contributed by atoms with van der Waals surface area (Å²) in [4.78, 5) is 0. The molecule has 0 aliphatic heterocycles. The van der Waals surface area contributed by atoms with Gasteiger partial charge in [-0.15, -0.1) is 45.8 Å². The van der Waals surface area contributed by atoms with Crippen molar-refractivity contribution in [2.75, 3.05) is 0 Å². The molecule has 0 N–H and O–H groups in total. The second-order valence-electron chi connectivity index (χ2n) is 6.59. The SMILES string of the molecule is CCCC[Si](C)(c1ccccc1)c1c(C)[cH-]c2ccccc12.[Cl-].[Cl-].[Cl-].[Ti+4]. The molecule has 5 heteroatoms. The van der Waals surface area contributed by atoms with Gasteiger partial charge in [0.2, 0.25) is 0 Å². The van der Waals surface area contributed by atoms with Crippen LogP contribution in [0.1, 0.15) is 25.3 Å². The number of aryl methyl sites for hydroxylation is 1. The molecule has 3 aromatic carbocycles. The Balaban J connectivity index is 0. The Morgan fingerprint density at radius 3 is 2.08 bits per heavy atom. The van der Waals surface area contributed by atoms with Crippen LogP contribution in [0.3, 0.4) is 0 Å². The van der Waals surface area contributed by atoms with Crippen molar-refractivity contribution in [3.05, 3.63) is 66.2 Å². The molecule has 3 aromatic rings. The fourth-order valence-corrected chi connectivity index (χ4v) is 8.43. The van der Waals surface area contributed by atoms with E-state index < -0.39 is 8.07 Å². The van der Waals surface area contributed by atoms with Gasteiger partial charge < -0.3 is 37.2 Å². The Kier molecular flexibility index (Phi) is 13.3. The van der Waals surface area contributed by atoms with Gasteiger partial charge in [0.05, 0.1) is 8.07 Å². The van der Waals surface area contributed by atoms with E-state index in [0.29, 0.717) is 0 Å². The summed E-state index contributed by atoms with van der Waals surface area (Å²) in [6.45, 7) is 7.16. The number of hydrogen-bond donors (Lipinski definition) is 0. The Hall–Kier alpha value is -0.149. The summed E-state index contributed by atoms with van der Waals surface area (Å²) >= 11 is 0. The first-order chi connectivity index (χ1) is 10.7. The summed E-state index contributed by atoms with van der Waals surface area (Å²) in [5, 5.41) is 6.11. The average molecular weight is 460 g/mol. The molecule has 138 valence electrons. The molecule has 0 aliphatic carbocycles. The standard InChI is InChI=1S/C21H25Si.3ClH.Ti/c1-4-5-15-22(3,19-12-7-6-8-13-19)21-17(2)16-18-11-9-10-14-20(18)21;;;;/h6-14,16H,4-5,15H2,1-3H3;3*1H;/q-1;;;;+4/p-3. The smallest absolute Gasteiger partial charge is 1.00 e. The quantitative estimate of drug-likeness (QED) is 0.269. The largest absolute Gasteiger partial charge is 4.00 e. The molecule has 26 heavy (non-hydrogen) atoms. The van der Waals surface area contributed by atoms with Gasteiger partial charge in [0.15, 0.2) is 0 Å². The fourth-order valence-electron chi connectivity index (χ4n) is 3.85. The van der Waals surface area contributed by atoms with Crippen molar-refractivity contribution in [1.82, 2.24) is 0 Å². The summed E-state index contributed by atoms with van der Waals surface area (Å²) in [7, 11) is -1.68. The number of unbranched alkanes of at least 4 members (excludes halogenated alkanes) is 1. The molecule has 0 heterocycles. The zero-order valence-corrected chi connectivity index (χ0v) is 20.4. The fraction of sp³-hybridized carbons (Fsp3) is 0.286. The Labute approximate surface area is 192 Å². The van der Waals surface area contributed by atoms with E-state index in [2.05, 4.69) is 81.1 Å². The molecular weight excluding hydrogens is 435 g/mol. The summed E-state index contributed by atoms with van der Waals surface area (Å²) in [6.07, 6.45) is 2.59. The molecule has 1 unspecified atom stereocenters. The zero-order chi connectivity index (χ0) is 15.6. The van der Waals surface area contributed by atoms with E-state index in [9.17, 15) is 0 Å². The maximum Gasteiger partial charge on any atom is 4.00 e. The topological polar surface area (TPSA) is 0 Å². The van der Waals surface area contributed by atoms with Crippen LogP contribution in [0, 0.1) is 6.92 Å². The summed E-state index contributed by atoms with van der Waals surface area (Å²) in [6, 6.07) is 23.9. The molecule has 1 atom stereocenters. The molecular formula is C21H25Cl3SiTi. The van der Waals surface area contributed by atoms with Gasteiger partial charge in [-0.1, -0.05) is 80.9 Å². The third-order valence-electron chi connectivity index (χ3n) is 4.99. The van der Waals surface area contributed by atoms with E-state index in [4.69, 9.17) is 0 Å². The van der Waals surface area contributed by atoms with E-state index >= 15 is 0 Å². The van der Waals surface area contributed by atoms with Gasteiger partial charge in [0.1, 0.15) is 0 Å². The number of halogens is 3. The minimum atomic E-state index is -1.68. The van der Waals surface area contributed by atoms with Crippen LogP contribution in [0.2, 0.25) is 12.6 Å². The molecule has 0 spiro atoms. The normalized spacial score (nSPS) is 12.0. The van der Waals surface area contributed by atoms with Crippen molar-refractivity contribution in [3.8, 4) is 0 Å². The number of rotatable bonds is 5. The van der Waals surface area contributed by atoms with Crippen molar-refractivity contribution < 1.29 is 58.9 Å². The molecule has 3 rings (SSSR count). The molecule has 0 radical (unpaired) electrons. The number of fused-ring (bicyclic) bond motifs is 1. The predicted molar refractivity (Wildman–Crippen MR) is 101 cm³/mol. The van der Waals surface area contributed by atoms with E-state index in [1.165, 1.54) is 35.2 Å². The number of benzene rings is 2. The van der Waals surface area contributed by atoms with Crippen LogP contribution in [0.25, 0.3) is 10.8 Å². The molecule has 0 saturated carbocycles. The second kappa shape index (κ2) is 12.3. The Morgan fingerprint density at radius 1 is 0.885 bits per heavy atom. The first kappa shape index (κ1) is 28.1. The van der Waals surface area contributed by atoms with E-state index in [1.807, 2.05) is 0 Å². The van der Waals surface area contributed by atoms with Crippen molar-refractivity contribution in [2.24, 2.45) is 0 Å². The van der Waals surface area contributed by atoms with Gasteiger partial charge in [-0.3, -0.25) is 0 Å². The van der Waals surface area contributed by atoms with Crippen LogP contribution in [-0.2, 0) is 21.7 Å². The van der Waals surface area contributed by atoms with Crippen molar-refractivity contribution in [1.29, 1.82) is 0 Å². The Morgan fingerprint density at radius 2 is 1.46 bits per heavy atom. The van der Waals surface area contributed by atoms with Gasteiger partial charge >= 0.3 is 21.7 Å². The van der Waals surface area contributed by atoms with Crippen molar-refractivity contribution >= 4 is 29.2 Å². The third-order valence-corrected chi connectivity index (χ3v) is 9.72. The Bertz CT molecular complexity index is 773. The molecule has 0 fully saturated rings. The van der Waals surface area contributed by atoms with Crippen LogP contribution in [-0.4, -0.2) is 8.07 Å². The number of hydrogen-bond acceptors (Lipinski definition) is 0. The van der Waals surface area contributed by atoms with Gasteiger partial charge in [-0.25, -0.2) is 0 Å². The van der Waals surface area contributed by atoms with E-state index in [1.54, 1.807) is 10.4 Å². The minimum Gasteiger partial charge on any atom is -1.00 e. The van der Waals surface area contributed by atoms with Crippen LogP contribution >= 0.6 is 0 Å². The first-order valence-electron chi connectivity index (χ1n) is 8.38. The first-order valence-corrected chi connectivity index (χ1v) is 11.1. The summed E-state index contributed by atoms with van der Waals surface area (Å²) in [5.41, 5.74) is 1.48. The molecule has 0 nitrogen and oxygen atoms in total. The molecule has 0 aromatic heterocycles. The van der Waals surface area contributed by atoms with Gasteiger partial charge in [-0.05, 0) is 0 Å². The molecule has 0 saturated heterocycles.